The molecular formula is C72H109N11O17. The maximum atomic E-state index is 14.9. The number of hydrogen-bond donors (Lipinski definition) is 7. The fourth-order valence-corrected chi connectivity index (χ4v) is 12.9. The van der Waals surface area contributed by atoms with Crippen molar-refractivity contribution < 1.29 is 81.6 Å². The molecule has 3 aliphatic heterocycles. The summed E-state index contributed by atoms with van der Waals surface area (Å²) in [5.74, 6) is -8.08. The van der Waals surface area contributed by atoms with Gasteiger partial charge in [0, 0.05) is 79.5 Å². The molecule has 2 aromatic rings. The number of likely N-dealkylation sites (tertiary alicyclic amines) is 1. The lowest BCUT2D eigenvalue weighted by atomic mass is 9.89. The molecule has 0 radical (unpaired) electrons. The number of ether oxygens (including phenoxy) is 4. The average Bonchev–Trinajstić information content (AvgIpc) is 1.29. The number of aliphatic hydroxyl groups excluding tert-OH is 1. The molecule has 0 aliphatic carbocycles. The van der Waals surface area contributed by atoms with E-state index in [2.05, 4.69) is 31.9 Å². The number of hydrogen-bond acceptors (Lipinski definition) is 18. The van der Waals surface area contributed by atoms with Crippen LogP contribution < -0.4 is 31.9 Å². The van der Waals surface area contributed by atoms with Gasteiger partial charge in [-0.25, -0.2) is 0 Å². The number of methoxy groups -OCH3 is 2. The summed E-state index contributed by atoms with van der Waals surface area (Å²) in [6.45, 7) is 14.7. The number of Topliss-reactive ketones (excluding diaryl/α,β-unsaturated/α-hetero) is 1. The summed E-state index contributed by atoms with van der Waals surface area (Å²) in [6, 6.07) is 12.6. The predicted octanol–water partition coefficient (Wildman–Crippen LogP) is 1.47. The second kappa shape index (κ2) is 41.7. The van der Waals surface area contributed by atoms with Crippen LogP contribution in [0.2, 0.25) is 0 Å². The highest BCUT2D eigenvalue weighted by atomic mass is 16.5. The van der Waals surface area contributed by atoms with Crippen LogP contribution in [0.25, 0.3) is 0 Å². The summed E-state index contributed by atoms with van der Waals surface area (Å²) < 4.78 is 23.6. The van der Waals surface area contributed by atoms with Crippen molar-refractivity contribution in [1.82, 2.24) is 56.4 Å². The van der Waals surface area contributed by atoms with Gasteiger partial charge in [-0.05, 0) is 61.5 Å². The van der Waals surface area contributed by atoms with Gasteiger partial charge in [-0.1, -0.05) is 116 Å². The number of carbonyl (C=O) groups excluding carboxylic acids is 12. The lowest BCUT2D eigenvalue weighted by Crippen LogP contribution is -2.61. The Balaban J connectivity index is 1.11. The van der Waals surface area contributed by atoms with Crippen molar-refractivity contribution in [1.29, 1.82) is 0 Å². The molecule has 5 rings (SSSR count). The number of amides is 11. The van der Waals surface area contributed by atoms with E-state index >= 15 is 0 Å². The molecule has 3 aliphatic rings. The number of unbranched alkanes of at least 4 members (excludes halogenated alkanes) is 1. The fraction of sp³-hybridized carbons (Fsp3) is 0.639. The van der Waals surface area contributed by atoms with Crippen LogP contribution in [-0.2, 0) is 82.9 Å². The van der Waals surface area contributed by atoms with Crippen LogP contribution in [0.15, 0.2) is 72.8 Å². The third-order valence-electron chi connectivity index (χ3n) is 18.9. The summed E-state index contributed by atoms with van der Waals surface area (Å²) in [5, 5.41) is 27.1. The van der Waals surface area contributed by atoms with Gasteiger partial charge in [-0.3, -0.25) is 67.3 Å². The molecule has 2 aromatic carbocycles. The zero-order chi connectivity index (χ0) is 73.8. The summed E-state index contributed by atoms with van der Waals surface area (Å²) in [5.41, 5.74) is 1.33. The van der Waals surface area contributed by atoms with Crippen LogP contribution in [0, 0.1) is 29.6 Å². The molecule has 3 heterocycles. The maximum absolute atomic E-state index is 14.9. The van der Waals surface area contributed by atoms with Gasteiger partial charge in [0.15, 0.2) is 0 Å². The minimum absolute atomic E-state index is 0.00187. The highest BCUT2D eigenvalue weighted by Gasteiger charge is 2.44. The van der Waals surface area contributed by atoms with Crippen molar-refractivity contribution in [2.75, 3.05) is 107 Å². The topological polar surface area (TPSA) is 350 Å². The third kappa shape index (κ3) is 24.9. The highest BCUT2D eigenvalue weighted by Crippen LogP contribution is 2.30. The molecule has 0 unspecified atom stereocenters. The number of imide groups is 1. The van der Waals surface area contributed by atoms with Gasteiger partial charge in [0.25, 0.3) is 11.8 Å². The monoisotopic (exact) mass is 1400 g/mol. The molecule has 0 saturated carbocycles. The molecule has 2 fully saturated rings. The molecule has 11 atom stereocenters. The van der Waals surface area contributed by atoms with Crippen LogP contribution in [-0.4, -0.2) is 256 Å². The van der Waals surface area contributed by atoms with E-state index in [1.54, 1.807) is 101 Å². The predicted molar refractivity (Wildman–Crippen MR) is 371 cm³/mol. The molecule has 28 heteroatoms. The van der Waals surface area contributed by atoms with E-state index in [1.807, 2.05) is 32.0 Å². The van der Waals surface area contributed by atoms with Gasteiger partial charge in [-0.15, -0.1) is 0 Å². The minimum Gasteiger partial charge on any atom is -0.386 e. The number of nitrogens with zero attached hydrogens (tertiary/aromatic N) is 5. The standard InChI is InChI=1S/C72H109N11O17/c1-13-47(6)66(56(97-11)38-62(90)82-32-22-27-54(82)68(98-12)48(7)69(93)76-49(8)67(92)51-25-18-15-19-26-51)80(10)72(96)64(45(2)3)78-71(95)65(46(4)5)79(9)63(91)41-75-70(94)53(37-50-23-16-14-17-24-50)77-58(86)40-73-57(85)39-74-59(87)42-81-33-35-99-43-52(44-100-36-34-81)55(84)28-20-21-31-83-60(88)29-30-61(83)89/h14-19,23-26,29-30,45-49,52-54,56,64-68,92H,13,20-22,27-28,31-44H2,1-12H3,(H,73,85)(H,74,87)(H,75,94)(H,76,93)(H,77,86)(H,78,95)/t47-,48+,49+,53-,54+,56+,64-,65-,66-,67+,68+/m0/s1. The first-order chi connectivity index (χ1) is 47.6. The van der Waals surface area contributed by atoms with Crippen molar-refractivity contribution >= 4 is 70.8 Å². The van der Waals surface area contributed by atoms with Gasteiger partial charge >= 0.3 is 0 Å². The second-order valence-electron chi connectivity index (χ2n) is 27.0. The van der Waals surface area contributed by atoms with E-state index in [9.17, 15) is 62.6 Å². The van der Waals surface area contributed by atoms with Crippen molar-refractivity contribution in [2.24, 2.45) is 29.6 Å². The third-order valence-corrected chi connectivity index (χ3v) is 18.9. The van der Waals surface area contributed by atoms with Crippen LogP contribution in [0.1, 0.15) is 118 Å². The molecule has 554 valence electrons. The van der Waals surface area contributed by atoms with Crippen LogP contribution in [0.5, 0.6) is 0 Å². The molecule has 100 heavy (non-hydrogen) atoms. The lowest BCUT2D eigenvalue weighted by molar-refractivity contribution is -0.148. The number of benzene rings is 2. The zero-order valence-electron chi connectivity index (χ0n) is 60.4. The van der Waals surface area contributed by atoms with Crippen molar-refractivity contribution in [3.63, 3.8) is 0 Å². The Morgan fingerprint density at radius 1 is 0.680 bits per heavy atom. The smallest absolute Gasteiger partial charge is 0.253 e. The van der Waals surface area contributed by atoms with Gasteiger partial charge in [0.2, 0.25) is 53.2 Å². The largest absolute Gasteiger partial charge is 0.386 e. The van der Waals surface area contributed by atoms with Crippen LogP contribution in [0.4, 0.5) is 0 Å². The van der Waals surface area contributed by atoms with E-state index in [-0.39, 0.29) is 94.1 Å². The Morgan fingerprint density at radius 3 is 1.88 bits per heavy atom. The Kier molecular flexibility index (Phi) is 34.4. The summed E-state index contributed by atoms with van der Waals surface area (Å²) in [7, 11) is 6.03. The normalized spacial score (nSPS) is 18.5. The van der Waals surface area contributed by atoms with Gasteiger partial charge in [-0.2, -0.15) is 0 Å². The SMILES string of the molecule is CC[C@H](C)[C@@H]([C@@H](CC(=O)N1CCC[C@@H]1[C@H](OC)[C@@H](C)C(=O)N[C@H](C)[C@@H](O)c1ccccc1)OC)N(C)C(=O)[C@@H](NC(=O)[C@H](C(C)C)N(C)C(=O)CNC(=O)[C@H](Cc1ccccc1)NC(=O)CNC(=O)CNC(=O)CN1CCOCC(C(=O)CCCCN2C(=O)C=CC2=O)COCC1)C(C)C. The molecule has 0 spiro atoms. The number of likely N-dealkylation sites (N-methyl/N-ethyl adjacent to an activating group) is 2. The van der Waals surface area contributed by atoms with Crippen LogP contribution in [0.3, 0.4) is 0 Å². The summed E-state index contributed by atoms with van der Waals surface area (Å²) in [4.78, 5) is 169. The number of aliphatic hydroxyl groups is 1. The summed E-state index contributed by atoms with van der Waals surface area (Å²) >= 11 is 0. The molecule has 2 saturated heterocycles. The van der Waals surface area contributed by atoms with E-state index in [4.69, 9.17) is 18.9 Å². The molecule has 7 N–H and O–H groups in total. The van der Waals surface area contributed by atoms with E-state index in [1.165, 1.54) is 43.2 Å². The van der Waals surface area contributed by atoms with E-state index in [0.29, 0.717) is 62.9 Å². The lowest BCUT2D eigenvalue weighted by Gasteiger charge is -2.41. The average molecular weight is 1400 g/mol. The fourth-order valence-electron chi connectivity index (χ4n) is 12.9. The van der Waals surface area contributed by atoms with Gasteiger partial charge in [0.05, 0.1) is 107 Å². The van der Waals surface area contributed by atoms with Gasteiger partial charge < -0.3 is 70.7 Å². The Hall–Kier alpha value is -8.02. The second-order valence-corrected chi connectivity index (χ2v) is 27.0. The van der Waals surface area contributed by atoms with E-state index < -0.39 is 139 Å². The number of nitrogens with one attached hydrogen (secondary N) is 6. The molecule has 28 nitrogen and oxygen atoms in total. The first-order valence-electron chi connectivity index (χ1n) is 34.9. The number of carbonyl (C=O) groups is 12. The Morgan fingerprint density at radius 2 is 1.29 bits per heavy atom. The zero-order valence-corrected chi connectivity index (χ0v) is 60.4. The van der Waals surface area contributed by atoms with Crippen LogP contribution >= 0.6 is 0 Å². The van der Waals surface area contributed by atoms with Crippen molar-refractivity contribution in [3.05, 3.63) is 83.9 Å². The maximum Gasteiger partial charge on any atom is 0.253 e. The van der Waals surface area contributed by atoms with E-state index in [0.717, 1.165) is 4.90 Å². The number of rotatable bonds is 38. The highest BCUT2D eigenvalue weighted by molar-refractivity contribution is 6.12. The van der Waals surface area contributed by atoms with Gasteiger partial charge in [0.1, 0.15) is 23.9 Å². The Bertz CT molecular complexity index is 3050. The van der Waals surface area contributed by atoms with Crippen molar-refractivity contribution in [2.45, 2.75) is 161 Å². The van der Waals surface area contributed by atoms with Crippen molar-refractivity contribution in [3.8, 4) is 0 Å². The molecule has 0 bridgehead atoms. The Labute approximate surface area is 588 Å². The first-order valence-corrected chi connectivity index (χ1v) is 34.9. The number of ketones is 1. The molecule has 11 amide bonds. The molecular weight excluding hydrogens is 1290 g/mol. The quantitative estimate of drug-likeness (QED) is 0.0370. The minimum atomic E-state index is -1.23. The first kappa shape index (κ1) is 82.6. The molecule has 0 aromatic heterocycles. The summed E-state index contributed by atoms with van der Waals surface area (Å²) in [6.07, 6.45) is 2.97.